The molecule has 2 amide bonds. The largest absolute Gasteiger partial charge is 0.478 e. The molecule has 0 unspecified atom stereocenters. The monoisotopic (exact) mass is 596 g/mol. The predicted molar refractivity (Wildman–Crippen MR) is 159 cm³/mol. The maximum absolute atomic E-state index is 12.0. The molecule has 0 bridgehead atoms. The summed E-state index contributed by atoms with van der Waals surface area (Å²) in [7, 11) is 0. The third-order valence-electron chi connectivity index (χ3n) is 7.35. The fourth-order valence-electron chi connectivity index (χ4n) is 5.03. The van der Waals surface area contributed by atoms with Crippen molar-refractivity contribution in [2.75, 3.05) is 6.61 Å². The van der Waals surface area contributed by atoms with Crippen molar-refractivity contribution in [3.63, 3.8) is 0 Å². The average molecular weight is 597 g/mol. The number of carboxylic acids is 1. The van der Waals surface area contributed by atoms with Crippen LogP contribution in [0, 0.1) is 0 Å². The first kappa shape index (κ1) is 37.2. The molecule has 42 heavy (non-hydrogen) atoms. The molecule has 0 saturated heterocycles. The van der Waals surface area contributed by atoms with E-state index in [0.29, 0.717) is 18.6 Å². The van der Waals surface area contributed by atoms with Crippen LogP contribution in [0.2, 0.25) is 0 Å². The zero-order valence-electron chi connectivity index (χ0n) is 26.2. The van der Waals surface area contributed by atoms with Crippen LogP contribution in [-0.4, -0.2) is 84.0 Å². The van der Waals surface area contributed by atoms with E-state index in [2.05, 4.69) is 10.6 Å². The molecular weight excluding hydrogens is 544 g/mol. The molecule has 240 valence electrons. The lowest BCUT2D eigenvalue weighted by Crippen LogP contribution is -2.57. The van der Waals surface area contributed by atoms with E-state index in [1.807, 2.05) is 27.7 Å². The first-order valence-corrected chi connectivity index (χ1v) is 15.0. The van der Waals surface area contributed by atoms with E-state index in [1.54, 1.807) is 19.1 Å². The van der Waals surface area contributed by atoms with Gasteiger partial charge in [-0.05, 0) is 57.6 Å². The highest BCUT2D eigenvalue weighted by molar-refractivity contribution is 5.89. The Kier molecular flexibility index (Phi) is 16.6. The third-order valence-corrected chi connectivity index (χ3v) is 7.35. The summed E-state index contributed by atoms with van der Waals surface area (Å²) in [5, 5.41) is 14.7. The van der Waals surface area contributed by atoms with Crippen molar-refractivity contribution in [1.29, 1.82) is 0 Å². The first-order chi connectivity index (χ1) is 19.8. The minimum Gasteiger partial charge on any atom is -0.478 e. The highest BCUT2D eigenvalue weighted by atomic mass is 16.5. The van der Waals surface area contributed by atoms with E-state index in [9.17, 15) is 19.2 Å². The Bertz CT molecular complexity index is 961. The number of nitrogens with two attached hydrogens (primary N) is 2. The molecule has 0 heterocycles. The number of ether oxygens (including phenoxy) is 3. The molecule has 0 aromatic carbocycles. The van der Waals surface area contributed by atoms with E-state index < -0.39 is 30.3 Å². The molecule has 0 radical (unpaired) electrons. The third kappa shape index (κ3) is 11.8. The molecule has 0 saturated carbocycles. The number of aliphatic carboxylic acids is 1. The van der Waals surface area contributed by atoms with Crippen molar-refractivity contribution in [3.05, 3.63) is 23.3 Å². The Morgan fingerprint density at radius 1 is 0.786 bits per heavy atom. The summed E-state index contributed by atoms with van der Waals surface area (Å²) >= 11 is 0. The second-order valence-electron chi connectivity index (χ2n) is 10.7. The highest BCUT2D eigenvalue weighted by Crippen LogP contribution is 2.25. The van der Waals surface area contributed by atoms with E-state index in [4.69, 9.17) is 30.8 Å². The lowest BCUT2D eigenvalue weighted by Gasteiger charge is -2.36. The molecule has 0 aliphatic heterocycles. The first-order valence-electron chi connectivity index (χ1n) is 15.0. The van der Waals surface area contributed by atoms with Crippen molar-refractivity contribution >= 4 is 23.8 Å². The van der Waals surface area contributed by atoms with Gasteiger partial charge in [0.25, 0.3) is 0 Å². The maximum atomic E-state index is 12.0. The minimum absolute atomic E-state index is 0.0212. The van der Waals surface area contributed by atoms with Gasteiger partial charge < -0.3 is 41.4 Å². The number of amides is 2. The number of rotatable bonds is 13. The number of carbonyl (C=O) groups is 4. The SMILES string of the molecule is CCC(CC)O[C@@H]1C=C(C(=O)O)C[C@H](N)[C@H]1NC(C)=O.CCOC(=O)C1=C[C@@H](OC(CC)CC)[C@H](NC(C)=O)[C@@H](N)C1. The quantitative estimate of drug-likeness (QED) is 0.197. The molecule has 12 heteroatoms. The van der Waals surface area contributed by atoms with Gasteiger partial charge >= 0.3 is 11.9 Å². The molecule has 0 fully saturated rings. The highest BCUT2D eigenvalue weighted by Gasteiger charge is 2.37. The van der Waals surface area contributed by atoms with Gasteiger partial charge in [0.2, 0.25) is 11.8 Å². The van der Waals surface area contributed by atoms with Crippen LogP contribution < -0.4 is 22.1 Å². The summed E-state index contributed by atoms with van der Waals surface area (Å²) in [5.74, 6) is -1.71. The molecule has 0 aromatic rings. The number of carboxylic acid groups (broad SMARTS) is 1. The summed E-state index contributed by atoms with van der Waals surface area (Å²) < 4.78 is 17.0. The molecule has 2 aliphatic carbocycles. The molecule has 12 nitrogen and oxygen atoms in total. The van der Waals surface area contributed by atoms with Crippen molar-refractivity contribution in [2.45, 2.75) is 136 Å². The van der Waals surface area contributed by atoms with Crippen LogP contribution in [0.3, 0.4) is 0 Å². The van der Waals surface area contributed by atoms with Crippen LogP contribution in [0.5, 0.6) is 0 Å². The topological polar surface area (TPSA) is 192 Å². The van der Waals surface area contributed by atoms with Crippen molar-refractivity contribution in [1.82, 2.24) is 10.6 Å². The average Bonchev–Trinajstić information content (AvgIpc) is 2.93. The molecule has 7 N–H and O–H groups in total. The van der Waals surface area contributed by atoms with Crippen LogP contribution in [0.25, 0.3) is 0 Å². The second kappa shape index (κ2) is 18.7. The number of nitrogens with one attached hydrogen (secondary N) is 2. The standard InChI is InChI=1S/C16H28N2O4.C14H24N2O4/c1-5-12(6-2)22-14-9-11(16(20)21-7-3)8-13(17)15(14)18-10(4)19;1-4-10(5-2)20-12-7-9(14(18)19)6-11(15)13(12)16-8(3)17/h9,12-15H,5-8,17H2,1-4H3,(H,18,19);7,10-13H,4-6,15H2,1-3H3,(H,16,17)(H,18,19)/t13-,14+,15+;11-,12+,13+/m00/s1. The van der Waals surface area contributed by atoms with E-state index in [-0.39, 0.29) is 54.1 Å². The molecule has 0 aromatic heterocycles. The van der Waals surface area contributed by atoms with Crippen LogP contribution in [-0.2, 0) is 33.4 Å². The van der Waals surface area contributed by atoms with Crippen LogP contribution in [0.4, 0.5) is 0 Å². The Hall–Kier alpha value is -2.80. The van der Waals surface area contributed by atoms with E-state index in [1.165, 1.54) is 13.8 Å². The zero-order chi connectivity index (χ0) is 32.0. The number of carbonyl (C=O) groups excluding carboxylic acids is 3. The van der Waals surface area contributed by atoms with Gasteiger partial charge in [0.1, 0.15) is 0 Å². The van der Waals surface area contributed by atoms with Gasteiger partial charge in [0.15, 0.2) is 0 Å². The van der Waals surface area contributed by atoms with Gasteiger partial charge in [-0.3, -0.25) is 9.59 Å². The molecule has 2 rings (SSSR count). The van der Waals surface area contributed by atoms with Crippen LogP contribution in [0.15, 0.2) is 23.3 Å². The summed E-state index contributed by atoms with van der Waals surface area (Å²) in [6, 6.07) is -1.57. The van der Waals surface area contributed by atoms with Gasteiger partial charge in [-0.2, -0.15) is 0 Å². The molecule has 2 aliphatic rings. The predicted octanol–water partition coefficient (Wildman–Crippen LogP) is 2.09. The van der Waals surface area contributed by atoms with E-state index in [0.717, 1.165) is 25.7 Å². The van der Waals surface area contributed by atoms with Gasteiger partial charge in [0, 0.05) is 37.1 Å². The van der Waals surface area contributed by atoms with Crippen molar-refractivity contribution < 1.29 is 38.5 Å². The smallest absolute Gasteiger partial charge is 0.333 e. The minimum atomic E-state index is -0.986. The lowest BCUT2D eigenvalue weighted by atomic mass is 9.88. The maximum Gasteiger partial charge on any atom is 0.333 e. The Labute approximate surface area is 249 Å². The molecular formula is C30H52N4O8. The van der Waals surface area contributed by atoms with Crippen molar-refractivity contribution in [2.24, 2.45) is 11.5 Å². The molecule has 0 spiro atoms. The Balaban J connectivity index is 0.000000422. The second-order valence-corrected chi connectivity index (χ2v) is 10.7. The van der Waals surface area contributed by atoms with Gasteiger partial charge in [-0.25, -0.2) is 9.59 Å². The molecule has 6 atom stereocenters. The fraction of sp³-hybridized carbons (Fsp3) is 0.733. The van der Waals surface area contributed by atoms with Crippen molar-refractivity contribution in [3.8, 4) is 0 Å². The van der Waals surface area contributed by atoms with Gasteiger partial charge in [-0.1, -0.05) is 27.7 Å². The lowest BCUT2D eigenvalue weighted by molar-refractivity contribution is -0.139. The summed E-state index contributed by atoms with van der Waals surface area (Å²) in [6.45, 7) is 13.0. The van der Waals surface area contributed by atoms with Gasteiger partial charge in [-0.15, -0.1) is 0 Å². The van der Waals surface area contributed by atoms with Gasteiger partial charge in [0.05, 0.1) is 43.1 Å². The number of esters is 1. The summed E-state index contributed by atoms with van der Waals surface area (Å²) in [6.07, 6.45) is 6.45. The van der Waals surface area contributed by atoms with Crippen LogP contribution >= 0.6 is 0 Å². The Morgan fingerprint density at radius 3 is 1.50 bits per heavy atom. The van der Waals surface area contributed by atoms with E-state index >= 15 is 0 Å². The zero-order valence-corrected chi connectivity index (χ0v) is 26.2. The number of hydrogen-bond donors (Lipinski definition) is 5. The van der Waals surface area contributed by atoms with Crippen LogP contribution in [0.1, 0.15) is 87.0 Å². The summed E-state index contributed by atoms with van der Waals surface area (Å²) in [5.41, 5.74) is 12.9. The Morgan fingerprint density at radius 2 is 1.17 bits per heavy atom. The fourth-order valence-corrected chi connectivity index (χ4v) is 5.03. The number of hydrogen-bond acceptors (Lipinski definition) is 9. The normalized spacial score (nSPS) is 25.5. The summed E-state index contributed by atoms with van der Waals surface area (Å²) in [4.78, 5) is 45.8.